The first-order valence-electron chi connectivity index (χ1n) is 7.20. The van der Waals surface area contributed by atoms with Crippen molar-refractivity contribution in [3.05, 3.63) is 53.4 Å². The van der Waals surface area contributed by atoms with E-state index in [1.54, 1.807) is 24.3 Å². The average molecular weight is 361 g/mol. The van der Waals surface area contributed by atoms with Crippen molar-refractivity contribution in [3.63, 3.8) is 0 Å². The molecule has 1 heterocycles. The van der Waals surface area contributed by atoms with Crippen molar-refractivity contribution in [2.75, 3.05) is 19.0 Å². The molecule has 0 spiro atoms. The highest BCUT2D eigenvalue weighted by molar-refractivity contribution is 6.31. The van der Waals surface area contributed by atoms with Crippen molar-refractivity contribution in [3.8, 4) is 5.75 Å². The Morgan fingerprint density at radius 2 is 2.08 bits per heavy atom. The maximum atomic E-state index is 12.0. The number of benzene rings is 2. The number of oxazole rings is 1. The molecule has 0 saturated heterocycles. The van der Waals surface area contributed by atoms with Gasteiger partial charge in [-0.1, -0.05) is 11.6 Å². The van der Waals surface area contributed by atoms with Gasteiger partial charge in [0.15, 0.2) is 18.6 Å². The average Bonchev–Trinajstić information content (AvgIpc) is 3.07. The van der Waals surface area contributed by atoms with E-state index in [1.165, 1.54) is 25.6 Å². The number of hydrogen-bond donors (Lipinski definition) is 1. The van der Waals surface area contributed by atoms with Crippen molar-refractivity contribution < 1.29 is 23.5 Å². The number of ether oxygens (including phenoxy) is 2. The molecule has 0 saturated carbocycles. The van der Waals surface area contributed by atoms with Gasteiger partial charge in [0.05, 0.1) is 18.4 Å². The second-order valence-electron chi connectivity index (χ2n) is 5.00. The van der Waals surface area contributed by atoms with Crippen LogP contribution in [0.3, 0.4) is 0 Å². The monoisotopic (exact) mass is 360 g/mol. The van der Waals surface area contributed by atoms with E-state index in [2.05, 4.69) is 10.3 Å². The number of anilines is 1. The first kappa shape index (κ1) is 16.8. The normalized spacial score (nSPS) is 10.5. The molecule has 0 radical (unpaired) electrons. The highest BCUT2D eigenvalue weighted by Crippen LogP contribution is 2.27. The van der Waals surface area contributed by atoms with Crippen molar-refractivity contribution in [1.82, 2.24) is 4.98 Å². The number of nitrogens with zero attached hydrogens (tertiary/aromatic N) is 1. The summed E-state index contributed by atoms with van der Waals surface area (Å²) in [5, 5.41) is 3.02. The van der Waals surface area contributed by atoms with Gasteiger partial charge >= 0.3 is 5.97 Å². The predicted molar refractivity (Wildman–Crippen MR) is 90.9 cm³/mol. The van der Waals surface area contributed by atoms with Crippen LogP contribution < -0.4 is 10.1 Å². The van der Waals surface area contributed by atoms with E-state index in [9.17, 15) is 9.59 Å². The zero-order chi connectivity index (χ0) is 17.8. The summed E-state index contributed by atoms with van der Waals surface area (Å²) in [7, 11) is 1.47. The van der Waals surface area contributed by atoms with E-state index >= 15 is 0 Å². The highest BCUT2D eigenvalue weighted by Gasteiger charge is 2.13. The van der Waals surface area contributed by atoms with Gasteiger partial charge in [0.1, 0.15) is 11.3 Å². The van der Waals surface area contributed by atoms with Gasteiger partial charge in [-0.2, -0.15) is 0 Å². The fourth-order valence-electron chi connectivity index (χ4n) is 2.16. The van der Waals surface area contributed by atoms with Crippen LogP contribution >= 0.6 is 11.6 Å². The quantitative estimate of drug-likeness (QED) is 0.702. The Morgan fingerprint density at radius 1 is 1.24 bits per heavy atom. The largest absolute Gasteiger partial charge is 0.495 e. The molecule has 2 aromatic carbocycles. The number of hydrogen-bond acceptors (Lipinski definition) is 6. The molecule has 0 fully saturated rings. The van der Waals surface area contributed by atoms with Crippen LogP contribution in [-0.2, 0) is 9.53 Å². The standard InChI is InChI=1S/C17H13ClN2O5/c1-23-14-5-3-11(18)7-13(14)20-16(21)8-24-17(22)10-2-4-15-12(6-10)19-9-25-15/h2-7,9H,8H2,1H3,(H,20,21). The van der Waals surface area contributed by atoms with Crippen LogP contribution in [0.5, 0.6) is 5.75 Å². The van der Waals surface area contributed by atoms with Crippen molar-refractivity contribution in [2.45, 2.75) is 0 Å². The van der Waals surface area contributed by atoms with E-state index in [0.29, 0.717) is 27.6 Å². The molecule has 8 heteroatoms. The first-order valence-corrected chi connectivity index (χ1v) is 7.58. The summed E-state index contributed by atoms with van der Waals surface area (Å²) in [6.45, 7) is -0.453. The fraction of sp³-hybridized carbons (Fsp3) is 0.118. The van der Waals surface area contributed by atoms with Crippen LogP contribution in [0.4, 0.5) is 5.69 Å². The lowest BCUT2D eigenvalue weighted by Gasteiger charge is -2.10. The molecule has 0 aliphatic heterocycles. The summed E-state index contributed by atoms with van der Waals surface area (Å²) in [5.74, 6) is -0.713. The van der Waals surface area contributed by atoms with E-state index < -0.39 is 18.5 Å². The number of carbonyl (C=O) groups is 2. The molecule has 0 aliphatic carbocycles. The number of esters is 1. The second-order valence-corrected chi connectivity index (χ2v) is 5.44. The summed E-state index contributed by atoms with van der Waals surface area (Å²) in [4.78, 5) is 28.0. The molecule has 0 atom stereocenters. The fourth-order valence-corrected chi connectivity index (χ4v) is 2.34. The smallest absolute Gasteiger partial charge is 0.338 e. The minimum atomic E-state index is -0.641. The maximum Gasteiger partial charge on any atom is 0.338 e. The zero-order valence-electron chi connectivity index (χ0n) is 13.1. The van der Waals surface area contributed by atoms with Gasteiger partial charge in [-0.3, -0.25) is 4.79 Å². The van der Waals surface area contributed by atoms with Crippen LogP contribution in [0.1, 0.15) is 10.4 Å². The second kappa shape index (κ2) is 7.23. The number of halogens is 1. The maximum absolute atomic E-state index is 12.0. The third-order valence-electron chi connectivity index (χ3n) is 3.34. The van der Waals surface area contributed by atoms with Crippen LogP contribution in [0.2, 0.25) is 5.02 Å². The summed E-state index contributed by atoms with van der Waals surface area (Å²) in [5.41, 5.74) is 1.75. The Balaban J connectivity index is 1.62. The molecule has 3 rings (SSSR count). The van der Waals surface area contributed by atoms with Gasteiger partial charge in [-0.25, -0.2) is 9.78 Å². The number of amides is 1. The van der Waals surface area contributed by atoms with Gasteiger partial charge in [0.2, 0.25) is 0 Å². The topological polar surface area (TPSA) is 90.7 Å². The van der Waals surface area contributed by atoms with Gasteiger partial charge < -0.3 is 19.2 Å². The summed E-state index contributed by atoms with van der Waals surface area (Å²) in [6.07, 6.45) is 1.28. The Labute approximate surface area is 147 Å². The number of aromatic nitrogens is 1. The molecule has 1 amide bonds. The first-order chi connectivity index (χ1) is 12.1. The minimum absolute atomic E-state index is 0.273. The van der Waals surface area contributed by atoms with E-state index in [1.807, 2.05) is 0 Å². The molecule has 0 unspecified atom stereocenters. The summed E-state index contributed by atoms with van der Waals surface area (Å²) >= 11 is 5.90. The Bertz CT molecular complexity index is 938. The number of carbonyl (C=O) groups excluding carboxylic acids is 2. The predicted octanol–water partition coefficient (Wildman–Crippen LogP) is 3.29. The molecule has 25 heavy (non-hydrogen) atoms. The molecular weight excluding hydrogens is 348 g/mol. The zero-order valence-corrected chi connectivity index (χ0v) is 13.9. The summed E-state index contributed by atoms with van der Waals surface area (Å²) in [6, 6.07) is 9.47. The van der Waals surface area contributed by atoms with Gasteiger partial charge in [-0.15, -0.1) is 0 Å². The molecule has 7 nitrogen and oxygen atoms in total. The van der Waals surface area contributed by atoms with E-state index in [4.69, 9.17) is 25.5 Å². The van der Waals surface area contributed by atoms with E-state index in [-0.39, 0.29) is 5.56 Å². The van der Waals surface area contributed by atoms with Crippen LogP contribution in [0.15, 0.2) is 47.2 Å². The van der Waals surface area contributed by atoms with Gasteiger partial charge in [0, 0.05) is 5.02 Å². The van der Waals surface area contributed by atoms with Crippen LogP contribution in [-0.4, -0.2) is 30.6 Å². The molecule has 3 aromatic rings. The van der Waals surface area contributed by atoms with Crippen molar-refractivity contribution in [1.29, 1.82) is 0 Å². The minimum Gasteiger partial charge on any atom is -0.495 e. The van der Waals surface area contributed by atoms with Gasteiger partial charge in [0.25, 0.3) is 5.91 Å². The molecule has 128 valence electrons. The Morgan fingerprint density at radius 3 is 2.88 bits per heavy atom. The SMILES string of the molecule is COc1ccc(Cl)cc1NC(=O)COC(=O)c1ccc2ocnc2c1. The lowest BCUT2D eigenvalue weighted by atomic mass is 10.2. The van der Waals surface area contributed by atoms with Crippen LogP contribution in [0.25, 0.3) is 11.1 Å². The molecule has 0 bridgehead atoms. The highest BCUT2D eigenvalue weighted by atomic mass is 35.5. The number of methoxy groups -OCH3 is 1. The number of fused-ring (bicyclic) bond motifs is 1. The lowest BCUT2D eigenvalue weighted by molar-refractivity contribution is -0.119. The van der Waals surface area contributed by atoms with Crippen molar-refractivity contribution in [2.24, 2.45) is 0 Å². The Hall–Kier alpha value is -3.06. The molecular formula is C17H13ClN2O5. The van der Waals surface area contributed by atoms with Gasteiger partial charge in [-0.05, 0) is 36.4 Å². The number of nitrogens with one attached hydrogen (secondary N) is 1. The number of rotatable bonds is 5. The Kier molecular flexibility index (Phi) is 4.85. The lowest BCUT2D eigenvalue weighted by Crippen LogP contribution is -2.21. The molecule has 0 aliphatic rings. The third kappa shape index (κ3) is 3.89. The van der Waals surface area contributed by atoms with Crippen LogP contribution in [0, 0.1) is 0 Å². The summed E-state index contributed by atoms with van der Waals surface area (Å²) < 4.78 is 15.2. The molecule has 1 aromatic heterocycles. The van der Waals surface area contributed by atoms with E-state index in [0.717, 1.165) is 0 Å². The molecule has 1 N–H and O–H groups in total. The van der Waals surface area contributed by atoms with Crippen molar-refractivity contribution >= 4 is 40.3 Å². The third-order valence-corrected chi connectivity index (χ3v) is 3.57.